The molecular formula is C14H22AuB3F12N2. The third-order valence-electron chi connectivity index (χ3n) is 3.51. The molecule has 0 unspecified atom stereocenters. The molecule has 0 bridgehead atoms. The maximum atomic E-state index is 9.75. The van der Waals surface area contributed by atoms with Crippen LogP contribution in [-0.2, 0) is 22.4 Å². The molecule has 2 aliphatic rings. The van der Waals surface area contributed by atoms with E-state index >= 15 is 0 Å². The zero-order valence-corrected chi connectivity index (χ0v) is 18.9. The van der Waals surface area contributed by atoms with E-state index in [0.717, 1.165) is 25.7 Å². The van der Waals surface area contributed by atoms with Crippen LogP contribution >= 0.6 is 0 Å². The van der Waals surface area contributed by atoms with Gasteiger partial charge in [-0.15, -0.1) is 0 Å². The molecular weight excluding hydrogens is 654 g/mol. The molecule has 2 saturated carbocycles. The van der Waals surface area contributed by atoms with Crippen molar-refractivity contribution in [2.75, 3.05) is 0 Å². The Morgan fingerprint density at radius 2 is 0.594 bits per heavy atom. The van der Waals surface area contributed by atoms with Crippen LogP contribution in [-0.4, -0.2) is 33.8 Å². The molecule has 0 amide bonds. The number of hydrogen-bond donors (Lipinski definition) is 0. The number of hydrogen-bond acceptors (Lipinski definition) is 0. The van der Waals surface area contributed by atoms with Gasteiger partial charge in [0.25, 0.3) is 0 Å². The Morgan fingerprint density at radius 1 is 0.438 bits per heavy atom. The third kappa shape index (κ3) is 63.0. The molecule has 0 N–H and O–H groups in total. The van der Waals surface area contributed by atoms with Gasteiger partial charge in [0.1, 0.15) is 0 Å². The van der Waals surface area contributed by atoms with E-state index in [1.807, 2.05) is 0 Å². The van der Waals surface area contributed by atoms with E-state index in [2.05, 4.69) is 9.69 Å². The maximum absolute atomic E-state index is 9.75. The smallest absolute Gasteiger partial charge is 0.418 e. The van der Waals surface area contributed by atoms with Crippen LogP contribution in [0.5, 0.6) is 0 Å². The van der Waals surface area contributed by atoms with Gasteiger partial charge in [-0.05, 0) is 25.7 Å². The zero-order valence-electron chi connectivity index (χ0n) is 16.7. The van der Waals surface area contributed by atoms with Crippen molar-refractivity contribution in [3.05, 3.63) is 22.8 Å². The molecule has 0 spiro atoms. The van der Waals surface area contributed by atoms with Crippen LogP contribution in [0.4, 0.5) is 51.8 Å². The Labute approximate surface area is 195 Å². The van der Waals surface area contributed by atoms with Crippen molar-refractivity contribution in [2.24, 2.45) is 0 Å². The molecule has 32 heavy (non-hydrogen) atoms. The van der Waals surface area contributed by atoms with Crippen LogP contribution in [0, 0.1) is 13.1 Å². The standard InChI is InChI=1S/2C7H11N.Au.3BF4/c2*1-8-7-5-3-2-4-6-7;;3*2-1(3,4)5/h2*7H,2-6H2;;;;/q;;+3;3*-1. The first-order chi connectivity index (χ1) is 13.9. The molecule has 0 aromatic rings. The van der Waals surface area contributed by atoms with Gasteiger partial charge in [0.2, 0.25) is 12.1 Å². The van der Waals surface area contributed by atoms with Gasteiger partial charge in [0, 0.05) is 25.7 Å². The average Bonchev–Trinajstić information content (AvgIpc) is 2.59. The van der Waals surface area contributed by atoms with Crippen molar-refractivity contribution in [1.82, 2.24) is 0 Å². The Kier molecular flexibility index (Phi) is 24.8. The van der Waals surface area contributed by atoms with E-state index in [1.165, 1.54) is 38.5 Å². The summed E-state index contributed by atoms with van der Waals surface area (Å²) in [7, 11) is -18.0. The third-order valence-corrected chi connectivity index (χ3v) is 3.51. The van der Waals surface area contributed by atoms with Crippen LogP contribution < -0.4 is 0 Å². The van der Waals surface area contributed by atoms with Crippen LogP contribution in [0.3, 0.4) is 0 Å². The second-order valence-electron chi connectivity index (χ2n) is 6.33. The number of halogens is 12. The minimum absolute atomic E-state index is 0. The molecule has 2 rings (SSSR count). The van der Waals surface area contributed by atoms with Gasteiger partial charge in [-0.1, -0.05) is 12.8 Å². The van der Waals surface area contributed by atoms with Crippen molar-refractivity contribution in [1.29, 1.82) is 0 Å². The molecule has 2 aliphatic carbocycles. The molecule has 2 fully saturated rings. The summed E-state index contributed by atoms with van der Waals surface area (Å²) in [6.45, 7) is 13.4. The normalized spacial score (nSPS) is 16.8. The molecule has 192 valence electrons. The zero-order chi connectivity index (χ0) is 25.1. The number of rotatable bonds is 0. The summed E-state index contributed by atoms with van der Waals surface area (Å²) in [5, 5.41) is 0. The maximum Gasteiger partial charge on any atom is 3.00 e. The minimum Gasteiger partial charge on any atom is -0.418 e. The fourth-order valence-electron chi connectivity index (χ4n) is 2.42. The summed E-state index contributed by atoms with van der Waals surface area (Å²) in [6.07, 6.45) is 12.5. The van der Waals surface area contributed by atoms with E-state index < -0.39 is 21.8 Å². The first-order valence-corrected chi connectivity index (χ1v) is 9.22. The Morgan fingerprint density at radius 3 is 0.688 bits per heavy atom. The molecule has 18 heteroatoms. The van der Waals surface area contributed by atoms with Gasteiger partial charge in [-0.2, -0.15) is 0 Å². The van der Waals surface area contributed by atoms with E-state index in [0.29, 0.717) is 12.1 Å². The summed E-state index contributed by atoms with van der Waals surface area (Å²) in [4.78, 5) is 7.00. The fourth-order valence-corrected chi connectivity index (χ4v) is 2.42. The van der Waals surface area contributed by atoms with Crippen molar-refractivity contribution < 1.29 is 74.2 Å². The van der Waals surface area contributed by atoms with Gasteiger partial charge in [0.15, 0.2) is 0 Å². The fraction of sp³-hybridized carbons (Fsp3) is 0.857. The molecule has 0 radical (unpaired) electrons. The monoisotopic (exact) mass is 676 g/mol. The average molecular weight is 676 g/mol. The van der Waals surface area contributed by atoms with Crippen LogP contribution in [0.2, 0.25) is 0 Å². The molecule has 0 aliphatic heterocycles. The Balaban J connectivity index is -0.000000156. The molecule has 2 nitrogen and oxygen atoms in total. The first kappa shape index (κ1) is 38.3. The second-order valence-corrected chi connectivity index (χ2v) is 6.33. The van der Waals surface area contributed by atoms with Crippen LogP contribution in [0.1, 0.15) is 64.2 Å². The Hall–Kier alpha value is -0.925. The first-order valence-electron chi connectivity index (χ1n) is 9.22. The van der Waals surface area contributed by atoms with Gasteiger partial charge >= 0.3 is 44.1 Å². The second kappa shape index (κ2) is 20.7. The van der Waals surface area contributed by atoms with E-state index in [4.69, 9.17) is 13.1 Å². The van der Waals surface area contributed by atoms with Crippen LogP contribution in [0.15, 0.2) is 0 Å². The van der Waals surface area contributed by atoms with Crippen molar-refractivity contribution >= 4 is 21.8 Å². The van der Waals surface area contributed by atoms with Gasteiger partial charge < -0.3 is 61.5 Å². The summed E-state index contributed by atoms with van der Waals surface area (Å²) >= 11 is 0. The minimum atomic E-state index is -6.00. The van der Waals surface area contributed by atoms with E-state index in [1.54, 1.807) is 0 Å². The molecule has 0 saturated heterocycles. The topological polar surface area (TPSA) is 8.72 Å². The quantitative estimate of drug-likeness (QED) is 0.139. The summed E-state index contributed by atoms with van der Waals surface area (Å²) in [5.41, 5.74) is 0. The van der Waals surface area contributed by atoms with E-state index in [-0.39, 0.29) is 22.4 Å². The van der Waals surface area contributed by atoms with Gasteiger partial charge in [0.05, 0.1) is 0 Å². The Bertz CT molecular complexity index is 431. The van der Waals surface area contributed by atoms with Gasteiger partial charge in [-0.25, -0.2) is 13.1 Å². The number of nitrogens with zero attached hydrogens (tertiary/aromatic N) is 2. The van der Waals surface area contributed by atoms with E-state index in [9.17, 15) is 51.8 Å². The summed E-state index contributed by atoms with van der Waals surface area (Å²) in [6, 6.07) is 0.757. The van der Waals surface area contributed by atoms with Crippen LogP contribution in [0.25, 0.3) is 9.69 Å². The molecule has 0 aromatic carbocycles. The van der Waals surface area contributed by atoms with Crippen molar-refractivity contribution in [3.63, 3.8) is 0 Å². The van der Waals surface area contributed by atoms with Crippen molar-refractivity contribution in [2.45, 2.75) is 76.3 Å². The predicted octanol–water partition coefficient (Wildman–Crippen LogP) is 8.37. The SMILES string of the molecule is F[B-](F)(F)F.F[B-](F)(F)F.F[B-](F)(F)F.[Au+3].[C-]#[N+]C1CCCCC1.[C-]#[N+]C1CCCCC1. The summed E-state index contributed by atoms with van der Waals surface area (Å²) in [5.74, 6) is 0. The van der Waals surface area contributed by atoms with Gasteiger partial charge in [-0.3, -0.25) is 0 Å². The van der Waals surface area contributed by atoms with Crippen molar-refractivity contribution in [3.8, 4) is 0 Å². The summed E-state index contributed by atoms with van der Waals surface area (Å²) < 4.78 is 117. The largest absolute Gasteiger partial charge is 3.00 e. The molecule has 0 heterocycles. The molecule has 0 aromatic heterocycles. The molecule has 0 atom stereocenters. The predicted molar refractivity (Wildman–Crippen MR) is 97.5 cm³/mol.